The molecule has 4 atom stereocenters. The average molecular weight is 186 g/mol. The highest BCUT2D eigenvalue weighted by Gasteiger charge is 2.44. The Morgan fingerprint density at radius 3 is 3.00 bits per heavy atom. The summed E-state index contributed by atoms with van der Waals surface area (Å²) in [6.07, 6.45) is 2.05. The zero-order valence-corrected chi connectivity index (χ0v) is 8.36. The molecule has 0 saturated carbocycles. The van der Waals surface area contributed by atoms with Crippen LogP contribution in [0.4, 0.5) is 0 Å². The number of rotatable bonds is 3. The second-order valence-electron chi connectivity index (χ2n) is 4.01. The first-order valence-electron chi connectivity index (χ1n) is 5.20. The van der Waals surface area contributed by atoms with Gasteiger partial charge in [0.05, 0.1) is 6.61 Å². The molecule has 76 valence electrons. The minimum Gasteiger partial charge on any atom is -0.353 e. The maximum atomic E-state index is 5.61. The Morgan fingerprint density at radius 1 is 1.46 bits per heavy atom. The number of fused-ring (bicyclic) bond motifs is 1. The molecular weight excluding hydrogens is 168 g/mol. The predicted molar refractivity (Wildman–Crippen MR) is 48.1 cm³/mol. The summed E-state index contributed by atoms with van der Waals surface area (Å²) in [5.41, 5.74) is 0. The van der Waals surface area contributed by atoms with Crippen LogP contribution in [0.3, 0.4) is 0 Å². The fraction of sp³-hybridized carbons (Fsp3) is 1.00. The van der Waals surface area contributed by atoms with Crippen LogP contribution in [0.5, 0.6) is 0 Å². The van der Waals surface area contributed by atoms with Crippen LogP contribution in [0.15, 0.2) is 0 Å². The lowest BCUT2D eigenvalue weighted by Gasteiger charge is -2.12. The predicted octanol–water partition coefficient (Wildman–Crippen LogP) is 1.77. The van der Waals surface area contributed by atoms with Crippen LogP contribution in [0, 0.1) is 11.8 Å². The SMILES string of the molecule is CCCO[C@H]1C[C@H]2[C@H](OC[C@H]2C)O1. The van der Waals surface area contributed by atoms with Crippen LogP contribution in [-0.4, -0.2) is 25.8 Å². The summed E-state index contributed by atoms with van der Waals surface area (Å²) < 4.78 is 16.6. The second kappa shape index (κ2) is 3.95. The molecule has 0 bridgehead atoms. The van der Waals surface area contributed by atoms with E-state index in [9.17, 15) is 0 Å². The molecule has 2 aliphatic heterocycles. The molecule has 0 aromatic carbocycles. The molecule has 0 aromatic rings. The van der Waals surface area contributed by atoms with Crippen molar-refractivity contribution >= 4 is 0 Å². The molecule has 0 N–H and O–H groups in total. The molecule has 3 heteroatoms. The van der Waals surface area contributed by atoms with Crippen molar-refractivity contribution < 1.29 is 14.2 Å². The summed E-state index contributed by atoms with van der Waals surface area (Å²) in [7, 11) is 0. The van der Waals surface area contributed by atoms with Crippen LogP contribution >= 0.6 is 0 Å². The van der Waals surface area contributed by atoms with E-state index in [4.69, 9.17) is 14.2 Å². The third-order valence-electron chi connectivity index (χ3n) is 2.86. The Morgan fingerprint density at radius 2 is 2.31 bits per heavy atom. The van der Waals surface area contributed by atoms with E-state index >= 15 is 0 Å². The number of hydrogen-bond acceptors (Lipinski definition) is 3. The summed E-state index contributed by atoms with van der Waals surface area (Å²) in [6, 6.07) is 0. The summed E-state index contributed by atoms with van der Waals surface area (Å²) in [4.78, 5) is 0. The van der Waals surface area contributed by atoms with Crippen molar-refractivity contribution in [1.82, 2.24) is 0 Å². The average Bonchev–Trinajstić information content (AvgIpc) is 2.65. The molecule has 0 spiro atoms. The van der Waals surface area contributed by atoms with Crippen molar-refractivity contribution in [2.75, 3.05) is 13.2 Å². The van der Waals surface area contributed by atoms with E-state index in [-0.39, 0.29) is 12.6 Å². The molecule has 2 rings (SSSR count). The molecule has 2 aliphatic rings. The van der Waals surface area contributed by atoms with E-state index in [1.165, 1.54) is 0 Å². The summed E-state index contributed by atoms with van der Waals surface area (Å²) in [6.45, 7) is 5.96. The lowest BCUT2D eigenvalue weighted by Crippen LogP contribution is -2.15. The molecule has 0 radical (unpaired) electrons. The van der Waals surface area contributed by atoms with E-state index < -0.39 is 0 Å². The first kappa shape index (κ1) is 9.44. The minimum absolute atomic E-state index is 0.0110. The Hall–Kier alpha value is -0.120. The third-order valence-corrected chi connectivity index (χ3v) is 2.86. The molecule has 2 heterocycles. The fourth-order valence-electron chi connectivity index (χ4n) is 2.03. The van der Waals surface area contributed by atoms with E-state index in [1.807, 2.05) is 0 Å². The summed E-state index contributed by atoms with van der Waals surface area (Å²) in [5, 5.41) is 0. The smallest absolute Gasteiger partial charge is 0.164 e. The van der Waals surface area contributed by atoms with Crippen LogP contribution in [-0.2, 0) is 14.2 Å². The van der Waals surface area contributed by atoms with E-state index in [2.05, 4.69) is 13.8 Å². The maximum absolute atomic E-state index is 5.61. The monoisotopic (exact) mass is 186 g/mol. The van der Waals surface area contributed by atoms with Gasteiger partial charge < -0.3 is 14.2 Å². The quantitative estimate of drug-likeness (QED) is 0.672. The van der Waals surface area contributed by atoms with Gasteiger partial charge in [0.25, 0.3) is 0 Å². The lowest BCUT2D eigenvalue weighted by molar-refractivity contribution is -0.197. The highest BCUT2D eigenvalue weighted by molar-refractivity contribution is 4.82. The van der Waals surface area contributed by atoms with Crippen molar-refractivity contribution in [2.45, 2.75) is 39.3 Å². The second-order valence-corrected chi connectivity index (χ2v) is 4.01. The Labute approximate surface area is 79.4 Å². The van der Waals surface area contributed by atoms with Crippen molar-refractivity contribution in [3.05, 3.63) is 0 Å². The zero-order valence-electron chi connectivity index (χ0n) is 8.36. The molecule has 3 nitrogen and oxygen atoms in total. The molecule has 2 fully saturated rings. The highest BCUT2D eigenvalue weighted by atomic mass is 16.8. The summed E-state index contributed by atoms with van der Waals surface area (Å²) >= 11 is 0. The van der Waals surface area contributed by atoms with Crippen molar-refractivity contribution in [3.8, 4) is 0 Å². The van der Waals surface area contributed by atoms with Crippen LogP contribution < -0.4 is 0 Å². The van der Waals surface area contributed by atoms with E-state index in [1.54, 1.807) is 0 Å². The third kappa shape index (κ3) is 1.87. The number of hydrogen-bond donors (Lipinski definition) is 0. The van der Waals surface area contributed by atoms with Gasteiger partial charge in [-0.15, -0.1) is 0 Å². The molecular formula is C10H18O3. The molecule has 0 aliphatic carbocycles. The van der Waals surface area contributed by atoms with Crippen LogP contribution in [0.25, 0.3) is 0 Å². The van der Waals surface area contributed by atoms with Gasteiger partial charge in [-0.2, -0.15) is 0 Å². The van der Waals surface area contributed by atoms with Gasteiger partial charge in [0.2, 0.25) is 0 Å². The van der Waals surface area contributed by atoms with E-state index in [0.717, 1.165) is 26.1 Å². The standard InChI is InChI=1S/C10H18O3/c1-3-4-11-9-5-8-7(2)6-12-10(8)13-9/h7-10H,3-6H2,1-2H3/t7-,8-,9-,10-/m1/s1. The zero-order chi connectivity index (χ0) is 9.26. The lowest BCUT2D eigenvalue weighted by atomic mass is 9.95. The van der Waals surface area contributed by atoms with E-state index in [0.29, 0.717) is 11.8 Å². The first-order valence-corrected chi connectivity index (χ1v) is 5.20. The van der Waals surface area contributed by atoms with Gasteiger partial charge >= 0.3 is 0 Å². The number of ether oxygens (including phenoxy) is 3. The molecule has 0 amide bonds. The summed E-state index contributed by atoms with van der Waals surface area (Å²) in [5.74, 6) is 1.18. The molecule has 13 heavy (non-hydrogen) atoms. The van der Waals surface area contributed by atoms with Crippen molar-refractivity contribution in [3.63, 3.8) is 0 Å². The van der Waals surface area contributed by atoms with Gasteiger partial charge in [-0.3, -0.25) is 0 Å². The largest absolute Gasteiger partial charge is 0.353 e. The van der Waals surface area contributed by atoms with Gasteiger partial charge in [0.15, 0.2) is 12.6 Å². The maximum Gasteiger partial charge on any atom is 0.164 e. The highest BCUT2D eigenvalue weighted by Crippen LogP contribution is 2.38. The van der Waals surface area contributed by atoms with Gasteiger partial charge in [-0.05, 0) is 12.3 Å². The van der Waals surface area contributed by atoms with Crippen molar-refractivity contribution in [2.24, 2.45) is 11.8 Å². The normalized spacial score (nSPS) is 43.8. The van der Waals surface area contributed by atoms with Gasteiger partial charge in [-0.1, -0.05) is 13.8 Å². The Bertz CT molecular complexity index is 172. The van der Waals surface area contributed by atoms with Crippen LogP contribution in [0.2, 0.25) is 0 Å². The first-order chi connectivity index (χ1) is 6.31. The van der Waals surface area contributed by atoms with Gasteiger partial charge in [0, 0.05) is 18.9 Å². The van der Waals surface area contributed by atoms with Crippen LogP contribution in [0.1, 0.15) is 26.7 Å². The van der Waals surface area contributed by atoms with Crippen molar-refractivity contribution in [1.29, 1.82) is 0 Å². The Kier molecular flexibility index (Phi) is 2.86. The minimum atomic E-state index is -0.0160. The van der Waals surface area contributed by atoms with Gasteiger partial charge in [0.1, 0.15) is 0 Å². The fourth-order valence-corrected chi connectivity index (χ4v) is 2.03. The Balaban J connectivity index is 1.81. The van der Waals surface area contributed by atoms with Gasteiger partial charge in [-0.25, -0.2) is 0 Å². The molecule has 0 aromatic heterocycles. The topological polar surface area (TPSA) is 27.7 Å². The molecule has 0 unspecified atom stereocenters. The molecule has 2 saturated heterocycles.